The maximum atomic E-state index is 12.7. The van der Waals surface area contributed by atoms with Crippen molar-refractivity contribution in [1.82, 2.24) is 9.66 Å². The largest absolute Gasteiger partial charge is 0.493 e. The third kappa shape index (κ3) is 5.33. The van der Waals surface area contributed by atoms with Crippen LogP contribution in [0.4, 0.5) is 5.69 Å². The molecule has 0 aliphatic carbocycles. The van der Waals surface area contributed by atoms with Crippen LogP contribution in [0, 0.1) is 6.92 Å². The van der Waals surface area contributed by atoms with Crippen LogP contribution in [-0.2, 0) is 4.79 Å². The number of carbonyl (C=O) groups excluding carboxylic acids is 1. The first-order valence-electron chi connectivity index (χ1n) is 10.5. The monoisotopic (exact) mass is 536 g/mol. The third-order valence-electron chi connectivity index (χ3n) is 5.12. The van der Waals surface area contributed by atoms with Crippen molar-refractivity contribution in [2.24, 2.45) is 5.10 Å². The fraction of sp³-hybridized carbons (Fsp3) is 0.120. The minimum Gasteiger partial charge on any atom is -0.493 e. The second-order valence-corrected chi connectivity index (χ2v) is 8.38. The number of aromatic amines is 1. The van der Waals surface area contributed by atoms with E-state index < -0.39 is 11.2 Å². The summed E-state index contributed by atoms with van der Waals surface area (Å²) in [4.78, 5) is 40.0. The second kappa shape index (κ2) is 10.4. The number of rotatable bonds is 7. The lowest BCUT2D eigenvalue weighted by Crippen LogP contribution is -2.32. The molecule has 1 heterocycles. The van der Waals surface area contributed by atoms with Crippen LogP contribution < -0.4 is 26.0 Å². The van der Waals surface area contributed by atoms with E-state index in [9.17, 15) is 14.4 Å². The van der Waals surface area contributed by atoms with Crippen molar-refractivity contribution in [3.05, 3.63) is 97.1 Å². The van der Waals surface area contributed by atoms with Gasteiger partial charge >= 0.3 is 5.69 Å². The molecule has 0 radical (unpaired) electrons. The molecule has 4 aromatic rings. The minimum atomic E-state index is -0.657. The fourth-order valence-corrected chi connectivity index (χ4v) is 3.95. The summed E-state index contributed by atoms with van der Waals surface area (Å²) in [6, 6.07) is 17.4. The van der Waals surface area contributed by atoms with Crippen molar-refractivity contribution < 1.29 is 14.3 Å². The highest BCUT2D eigenvalue weighted by molar-refractivity contribution is 9.10. The number of hydrogen-bond donors (Lipinski definition) is 2. The Morgan fingerprint density at radius 3 is 2.66 bits per heavy atom. The minimum absolute atomic E-state index is 0.238. The molecule has 0 saturated heterocycles. The zero-order chi connectivity index (χ0) is 24.9. The smallest absolute Gasteiger partial charge is 0.349 e. The van der Waals surface area contributed by atoms with Gasteiger partial charge in [-0.15, -0.1) is 4.68 Å². The number of carbonyl (C=O) groups is 1. The number of anilines is 1. The topological polar surface area (TPSA) is 115 Å². The number of ether oxygens (including phenoxy) is 2. The summed E-state index contributed by atoms with van der Waals surface area (Å²) in [5, 5.41) is 7.20. The summed E-state index contributed by atoms with van der Waals surface area (Å²) in [5.74, 6) is 0.336. The predicted octanol–water partition coefficient (Wildman–Crippen LogP) is 3.67. The van der Waals surface area contributed by atoms with Crippen LogP contribution in [-0.4, -0.2) is 35.5 Å². The molecule has 4 rings (SSSR count). The molecule has 10 heteroatoms. The van der Waals surface area contributed by atoms with E-state index in [1.165, 1.54) is 13.3 Å². The van der Waals surface area contributed by atoms with Crippen LogP contribution >= 0.6 is 15.9 Å². The molecule has 0 saturated carbocycles. The van der Waals surface area contributed by atoms with Crippen molar-refractivity contribution in [1.29, 1.82) is 0 Å². The lowest BCUT2D eigenvalue weighted by molar-refractivity contribution is -0.118. The number of para-hydroxylation sites is 2. The standard InChI is InChI=1S/C25H21BrN4O5/c1-15-7-3-5-9-19(15)28-22(31)14-35-23-18(26)11-16(12-21(23)34-2)13-27-30-24(32)17-8-4-6-10-20(17)29-25(30)33/h3-13H,14H2,1-2H3,(H,28,31)(H,29,33). The van der Waals surface area contributed by atoms with Gasteiger partial charge in [0, 0.05) is 5.69 Å². The zero-order valence-electron chi connectivity index (χ0n) is 18.9. The van der Waals surface area contributed by atoms with Crippen LogP contribution in [0.25, 0.3) is 10.9 Å². The summed E-state index contributed by atoms with van der Waals surface area (Å²) < 4.78 is 12.4. The molecule has 0 fully saturated rings. The highest BCUT2D eigenvalue weighted by Gasteiger charge is 2.14. The number of fused-ring (bicyclic) bond motifs is 1. The molecule has 3 aromatic carbocycles. The van der Waals surface area contributed by atoms with Gasteiger partial charge in [-0.25, -0.2) is 4.79 Å². The van der Waals surface area contributed by atoms with Crippen LogP contribution in [0.15, 0.2) is 79.8 Å². The first-order valence-corrected chi connectivity index (χ1v) is 11.3. The normalized spacial score (nSPS) is 11.1. The molecule has 0 aliphatic rings. The summed E-state index contributed by atoms with van der Waals surface area (Å²) >= 11 is 3.42. The van der Waals surface area contributed by atoms with Crippen molar-refractivity contribution >= 4 is 44.6 Å². The third-order valence-corrected chi connectivity index (χ3v) is 5.71. The number of halogens is 1. The molecule has 9 nitrogen and oxygen atoms in total. The quantitative estimate of drug-likeness (QED) is 0.349. The van der Waals surface area contributed by atoms with Gasteiger partial charge in [0.15, 0.2) is 18.1 Å². The Morgan fingerprint density at radius 2 is 1.89 bits per heavy atom. The molecule has 0 atom stereocenters. The summed E-state index contributed by atoms with van der Waals surface area (Å²) in [6.07, 6.45) is 1.35. The highest BCUT2D eigenvalue weighted by atomic mass is 79.9. The number of aryl methyl sites for hydroxylation is 1. The zero-order valence-corrected chi connectivity index (χ0v) is 20.5. The number of nitrogens with one attached hydrogen (secondary N) is 2. The maximum Gasteiger partial charge on any atom is 0.349 e. The lowest BCUT2D eigenvalue weighted by atomic mass is 10.2. The predicted molar refractivity (Wildman–Crippen MR) is 138 cm³/mol. The van der Waals surface area contributed by atoms with Crippen molar-refractivity contribution in [3.63, 3.8) is 0 Å². The first kappa shape index (κ1) is 24.0. The molecule has 1 aromatic heterocycles. The van der Waals surface area contributed by atoms with Crippen molar-refractivity contribution in [3.8, 4) is 11.5 Å². The van der Waals surface area contributed by atoms with Gasteiger partial charge in [-0.2, -0.15) is 5.10 Å². The Morgan fingerprint density at radius 1 is 1.14 bits per heavy atom. The van der Waals surface area contributed by atoms with E-state index >= 15 is 0 Å². The number of nitrogens with zero attached hydrogens (tertiary/aromatic N) is 2. The summed E-state index contributed by atoms with van der Waals surface area (Å²) in [7, 11) is 1.46. The van der Waals surface area contributed by atoms with Crippen LogP contribution in [0.1, 0.15) is 11.1 Å². The molecule has 35 heavy (non-hydrogen) atoms. The van der Waals surface area contributed by atoms with E-state index in [0.717, 1.165) is 10.2 Å². The Hall–Kier alpha value is -4.18. The Labute approximate surface area is 208 Å². The summed E-state index contributed by atoms with van der Waals surface area (Å²) in [6.45, 7) is 1.66. The molecular formula is C25H21BrN4O5. The number of benzene rings is 3. The van der Waals surface area contributed by atoms with E-state index in [1.807, 2.05) is 31.2 Å². The van der Waals surface area contributed by atoms with Gasteiger partial charge < -0.3 is 19.8 Å². The van der Waals surface area contributed by atoms with Crippen LogP contribution in [0.3, 0.4) is 0 Å². The number of amides is 1. The van der Waals surface area contributed by atoms with E-state index in [4.69, 9.17) is 9.47 Å². The van der Waals surface area contributed by atoms with Crippen molar-refractivity contribution in [2.75, 3.05) is 19.0 Å². The SMILES string of the molecule is COc1cc(C=Nn2c(=O)[nH]c3ccccc3c2=O)cc(Br)c1OCC(=O)Nc1ccccc1C. The average Bonchev–Trinajstić information content (AvgIpc) is 2.84. The Bertz CT molecular complexity index is 1560. The highest BCUT2D eigenvalue weighted by Crippen LogP contribution is 2.36. The molecule has 1 amide bonds. The molecule has 0 unspecified atom stereocenters. The molecule has 0 bridgehead atoms. The van der Waals surface area contributed by atoms with Gasteiger partial charge in [-0.1, -0.05) is 30.3 Å². The van der Waals surface area contributed by atoms with Gasteiger partial charge in [-0.3, -0.25) is 9.59 Å². The van der Waals surface area contributed by atoms with Gasteiger partial charge in [0.05, 0.1) is 28.7 Å². The number of hydrogen-bond acceptors (Lipinski definition) is 6. The van der Waals surface area contributed by atoms with Gasteiger partial charge in [0.1, 0.15) is 0 Å². The fourth-order valence-electron chi connectivity index (χ4n) is 3.37. The van der Waals surface area contributed by atoms with Gasteiger partial charge in [0.25, 0.3) is 11.5 Å². The van der Waals surface area contributed by atoms with E-state index in [1.54, 1.807) is 36.4 Å². The maximum absolute atomic E-state index is 12.7. The van der Waals surface area contributed by atoms with Crippen molar-refractivity contribution in [2.45, 2.75) is 6.92 Å². The Balaban J connectivity index is 1.54. The van der Waals surface area contributed by atoms with E-state index in [0.29, 0.717) is 38.1 Å². The molecule has 0 spiro atoms. The number of aromatic nitrogens is 2. The van der Waals surface area contributed by atoms with E-state index in [-0.39, 0.29) is 12.5 Å². The Kier molecular flexibility index (Phi) is 7.11. The van der Waals surface area contributed by atoms with Gasteiger partial charge in [0.2, 0.25) is 0 Å². The molecule has 178 valence electrons. The summed E-state index contributed by atoms with van der Waals surface area (Å²) in [5.41, 5.74) is 1.42. The van der Waals surface area contributed by atoms with E-state index in [2.05, 4.69) is 31.3 Å². The molecule has 2 N–H and O–H groups in total. The lowest BCUT2D eigenvalue weighted by Gasteiger charge is -2.14. The number of methoxy groups -OCH3 is 1. The first-order chi connectivity index (χ1) is 16.9. The molecule has 0 aliphatic heterocycles. The van der Waals surface area contributed by atoms with Gasteiger partial charge in [-0.05, 0) is 64.3 Å². The molecular weight excluding hydrogens is 516 g/mol. The second-order valence-electron chi connectivity index (χ2n) is 7.52. The number of H-pyrrole nitrogens is 1. The van der Waals surface area contributed by atoms with Crippen LogP contribution in [0.5, 0.6) is 11.5 Å². The van der Waals surface area contributed by atoms with Crippen LogP contribution in [0.2, 0.25) is 0 Å². The average molecular weight is 537 g/mol.